The zero-order chi connectivity index (χ0) is 19.7. The first-order chi connectivity index (χ1) is 13.4. The molecule has 0 spiro atoms. The number of rotatable bonds is 3. The molecule has 0 unspecified atom stereocenters. The summed E-state index contributed by atoms with van der Waals surface area (Å²) >= 11 is 0. The van der Waals surface area contributed by atoms with E-state index in [0.717, 1.165) is 53.1 Å². The summed E-state index contributed by atoms with van der Waals surface area (Å²) in [5.41, 5.74) is 4.41. The molecule has 0 saturated heterocycles. The second kappa shape index (κ2) is 7.18. The van der Waals surface area contributed by atoms with Gasteiger partial charge in [-0.15, -0.1) is 0 Å². The monoisotopic (exact) mass is 385 g/mol. The van der Waals surface area contributed by atoms with Gasteiger partial charge in [-0.2, -0.15) is 13.2 Å². The topological polar surface area (TPSA) is 63.6 Å². The second-order valence-electron chi connectivity index (χ2n) is 6.77. The number of nitrogens with zero attached hydrogens (tertiary/aromatic N) is 4. The quantitative estimate of drug-likeness (QED) is 0.717. The fourth-order valence-corrected chi connectivity index (χ4v) is 3.23. The van der Waals surface area contributed by atoms with Gasteiger partial charge >= 0.3 is 6.18 Å². The van der Waals surface area contributed by atoms with Gasteiger partial charge in [0, 0.05) is 23.3 Å². The van der Waals surface area contributed by atoms with E-state index in [1.165, 1.54) is 6.33 Å². The minimum Gasteiger partial charge on any atom is -0.343 e. The Morgan fingerprint density at radius 3 is 2.82 bits per heavy atom. The second-order valence-corrected chi connectivity index (χ2v) is 6.77. The molecule has 0 radical (unpaired) electrons. The number of aryl methyl sites for hydroxylation is 1. The third-order valence-corrected chi connectivity index (χ3v) is 4.78. The number of nitrogens with one attached hydrogen (secondary N) is 1. The number of hydrogen-bond donors (Lipinski definition) is 1. The van der Waals surface area contributed by atoms with Crippen LogP contribution in [0.25, 0.3) is 16.5 Å². The molecular formula is C20H18F3N5. The van der Waals surface area contributed by atoms with E-state index in [9.17, 15) is 13.2 Å². The van der Waals surface area contributed by atoms with Crippen LogP contribution in [0.4, 0.5) is 19.1 Å². The average molecular weight is 385 g/mol. The van der Waals surface area contributed by atoms with E-state index < -0.39 is 12.2 Å². The van der Waals surface area contributed by atoms with Gasteiger partial charge < -0.3 is 5.32 Å². The number of halogens is 3. The molecule has 5 nitrogen and oxygen atoms in total. The number of hydrogen-bond acceptors (Lipinski definition) is 5. The summed E-state index contributed by atoms with van der Waals surface area (Å²) in [6, 6.07) is 4.20. The summed E-state index contributed by atoms with van der Waals surface area (Å²) in [6.07, 6.45) is 5.06. The highest BCUT2D eigenvalue weighted by Crippen LogP contribution is 2.32. The Bertz CT molecular complexity index is 1050. The molecule has 1 aromatic carbocycles. The van der Waals surface area contributed by atoms with Crippen LogP contribution in [0.2, 0.25) is 0 Å². The van der Waals surface area contributed by atoms with E-state index in [2.05, 4.69) is 31.3 Å². The molecule has 4 rings (SSSR count). The fourth-order valence-electron chi connectivity index (χ4n) is 3.23. The third kappa shape index (κ3) is 3.67. The molecule has 0 saturated carbocycles. The van der Waals surface area contributed by atoms with Crippen LogP contribution in [0.5, 0.6) is 0 Å². The normalized spacial score (nSPS) is 15.5. The van der Waals surface area contributed by atoms with Crippen LogP contribution in [-0.4, -0.2) is 32.2 Å². The Morgan fingerprint density at radius 1 is 1.14 bits per heavy atom. The largest absolute Gasteiger partial charge is 0.408 e. The lowest BCUT2D eigenvalue weighted by atomic mass is 9.97. The number of anilines is 1. The molecule has 2 heterocycles. The first kappa shape index (κ1) is 18.3. The van der Waals surface area contributed by atoms with Crippen LogP contribution in [0.3, 0.4) is 0 Å². The number of alkyl halides is 3. The number of allylic oxidation sites excluding steroid dienone is 1. The summed E-state index contributed by atoms with van der Waals surface area (Å²) in [5.74, 6) is -0.00302. The summed E-state index contributed by atoms with van der Waals surface area (Å²) in [4.78, 5) is 16.8. The van der Waals surface area contributed by atoms with Crippen LogP contribution >= 0.6 is 0 Å². The van der Waals surface area contributed by atoms with Crippen molar-refractivity contribution in [2.24, 2.45) is 0 Å². The van der Waals surface area contributed by atoms with E-state index in [0.29, 0.717) is 6.42 Å². The van der Waals surface area contributed by atoms with E-state index >= 15 is 0 Å². The zero-order valence-electron chi connectivity index (χ0n) is 15.2. The van der Waals surface area contributed by atoms with Crippen molar-refractivity contribution in [3.05, 3.63) is 59.8 Å². The molecular weight excluding hydrogens is 367 g/mol. The molecule has 0 bridgehead atoms. The van der Waals surface area contributed by atoms with Gasteiger partial charge in [-0.25, -0.2) is 19.9 Å². The Balaban J connectivity index is 1.70. The Hall–Kier alpha value is -3.03. The maximum Gasteiger partial charge on any atom is 0.408 e. The van der Waals surface area contributed by atoms with Gasteiger partial charge in [0.1, 0.15) is 12.4 Å². The van der Waals surface area contributed by atoms with Crippen LogP contribution in [0, 0.1) is 0 Å². The molecule has 0 aliphatic heterocycles. The SMILES string of the molecule is C[C@H](Nc1ncc2c(n1)CCCC=C2c1ccc2ncncc2c1)C(F)(F)F. The smallest absolute Gasteiger partial charge is 0.343 e. The summed E-state index contributed by atoms with van der Waals surface area (Å²) in [5, 5.41) is 3.27. The van der Waals surface area contributed by atoms with Crippen molar-refractivity contribution in [1.29, 1.82) is 0 Å². The van der Waals surface area contributed by atoms with Gasteiger partial charge in [0.25, 0.3) is 0 Å². The first-order valence-corrected chi connectivity index (χ1v) is 9.01. The van der Waals surface area contributed by atoms with Crippen LogP contribution in [0.1, 0.15) is 36.6 Å². The van der Waals surface area contributed by atoms with Crippen molar-refractivity contribution in [3.63, 3.8) is 0 Å². The molecule has 28 heavy (non-hydrogen) atoms. The molecule has 1 N–H and O–H groups in total. The number of aromatic nitrogens is 4. The lowest BCUT2D eigenvalue weighted by Crippen LogP contribution is -2.33. The lowest BCUT2D eigenvalue weighted by molar-refractivity contribution is -0.138. The van der Waals surface area contributed by atoms with Crippen LogP contribution in [0.15, 0.2) is 43.0 Å². The van der Waals surface area contributed by atoms with Crippen molar-refractivity contribution >= 4 is 22.4 Å². The Kier molecular flexibility index (Phi) is 4.70. The molecule has 8 heteroatoms. The molecule has 1 aliphatic carbocycles. The average Bonchev–Trinajstić information content (AvgIpc) is 2.89. The van der Waals surface area contributed by atoms with Crippen LogP contribution in [-0.2, 0) is 6.42 Å². The summed E-state index contributed by atoms with van der Waals surface area (Å²) in [7, 11) is 0. The maximum atomic E-state index is 12.8. The van der Waals surface area contributed by atoms with Gasteiger partial charge in [-0.1, -0.05) is 12.1 Å². The van der Waals surface area contributed by atoms with Gasteiger partial charge in [-0.3, -0.25) is 0 Å². The van der Waals surface area contributed by atoms with Gasteiger partial charge in [0.2, 0.25) is 5.95 Å². The lowest BCUT2D eigenvalue weighted by Gasteiger charge is -2.18. The number of fused-ring (bicyclic) bond motifs is 2. The van der Waals surface area contributed by atoms with Crippen molar-refractivity contribution in [2.75, 3.05) is 5.32 Å². The van der Waals surface area contributed by atoms with Crippen molar-refractivity contribution in [3.8, 4) is 0 Å². The number of benzene rings is 1. The third-order valence-electron chi connectivity index (χ3n) is 4.78. The molecule has 3 aromatic rings. The fraction of sp³-hybridized carbons (Fsp3) is 0.300. The first-order valence-electron chi connectivity index (χ1n) is 9.01. The van der Waals surface area contributed by atoms with E-state index in [-0.39, 0.29) is 5.95 Å². The van der Waals surface area contributed by atoms with E-state index in [1.54, 1.807) is 12.4 Å². The highest BCUT2D eigenvalue weighted by molar-refractivity contribution is 5.87. The molecule has 1 atom stereocenters. The molecule has 2 aromatic heterocycles. The van der Waals surface area contributed by atoms with Crippen molar-refractivity contribution in [1.82, 2.24) is 19.9 Å². The van der Waals surface area contributed by atoms with E-state index in [1.807, 2.05) is 18.2 Å². The Labute approximate surface area is 159 Å². The molecule has 1 aliphatic rings. The molecule has 0 amide bonds. The highest BCUT2D eigenvalue weighted by Gasteiger charge is 2.36. The van der Waals surface area contributed by atoms with Gasteiger partial charge in [0.15, 0.2) is 0 Å². The van der Waals surface area contributed by atoms with Crippen LogP contribution < -0.4 is 5.32 Å². The minimum absolute atomic E-state index is 0.00302. The summed E-state index contributed by atoms with van der Waals surface area (Å²) in [6.45, 7) is 1.05. The Morgan fingerprint density at radius 2 is 2.00 bits per heavy atom. The molecule has 144 valence electrons. The predicted octanol–water partition coefficient (Wildman–Crippen LogP) is 4.55. The minimum atomic E-state index is -4.35. The van der Waals surface area contributed by atoms with E-state index in [4.69, 9.17) is 0 Å². The van der Waals surface area contributed by atoms with Gasteiger partial charge in [-0.05, 0) is 49.5 Å². The maximum absolute atomic E-state index is 12.8. The molecule has 0 fully saturated rings. The summed E-state index contributed by atoms with van der Waals surface area (Å²) < 4.78 is 38.4. The van der Waals surface area contributed by atoms with Gasteiger partial charge in [0.05, 0.1) is 11.2 Å². The highest BCUT2D eigenvalue weighted by atomic mass is 19.4. The van der Waals surface area contributed by atoms with Crippen molar-refractivity contribution < 1.29 is 13.2 Å². The predicted molar refractivity (Wildman–Crippen MR) is 101 cm³/mol. The van der Waals surface area contributed by atoms with Crippen molar-refractivity contribution in [2.45, 2.75) is 38.4 Å². The standard InChI is InChI=1S/C20H18F3N5/c1-12(20(21,22)23)27-19-25-10-16-15(4-2-3-5-18(16)28-19)13-6-7-17-14(8-13)9-24-11-26-17/h4,6-12H,2-3,5H2,1H3,(H,25,27,28)/t12-/m0/s1. The zero-order valence-corrected chi connectivity index (χ0v) is 15.2.